The van der Waals surface area contributed by atoms with E-state index < -0.39 is 40.9 Å². The molecule has 7 heteroatoms. The minimum Gasteiger partial charge on any atom is -0.480 e. The summed E-state index contributed by atoms with van der Waals surface area (Å²) >= 11 is 0. The quantitative estimate of drug-likeness (QED) is 0.847. The highest BCUT2D eigenvalue weighted by molar-refractivity contribution is 5.97. The number of hydrogen-bond acceptors (Lipinski definition) is 2. The smallest absolute Gasteiger partial charge is 0.326 e. The van der Waals surface area contributed by atoms with E-state index in [1.54, 1.807) is 6.92 Å². The van der Waals surface area contributed by atoms with Crippen molar-refractivity contribution in [2.45, 2.75) is 19.4 Å². The Morgan fingerprint density at radius 3 is 2.50 bits per heavy atom. The van der Waals surface area contributed by atoms with Gasteiger partial charge in [-0.25, -0.2) is 18.0 Å². The molecule has 0 saturated carbocycles. The zero-order chi connectivity index (χ0) is 15.0. The van der Waals surface area contributed by atoms with E-state index in [4.69, 9.17) is 5.11 Å². The van der Waals surface area contributed by atoms with Gasteiger partial charge in [-0.3, -0.25) is 4.79 Å². The van der Waals surface area contributed by atoms with E-state index in [1.165, 1.54) is 0 Å². The Bertz CT molecular complexity index is 576. The van der Waals surface area contributed by atoms with Gasteiger partial charge in [0.25, 0.3) is 5.91 Å². The van der Waals surface area contributed by atoms with E-state index >= 15 is 0 Å². The largest absolute Gasteiger partial charge is 0.480 e. The van der Waals surface area contributed by atoms with Crippen molar-refractivity contribution in [1.29, 1.82) is 0 Å². The first kappa shape index (κ1) is 14.4. The van der Waals surface area contributed by atoms with Crippen LogP contribution >= 0.6 is 0 Å². The number of aliphatic carboxylic acids is 1. The third-order valence-electron chi connectivity index (χ3n) is 3.48. The SMILES string of the molecule is CC1CCN(C(=O)c2ccc(F)c(F)c2F)C1C(=O)O. The van der Waals surface area contributed by atoms with Gasteiger partial charge in [0.2, 0.25) is 0 Å². The van der Waals surface area contributed by atoms with Crippen molar-refractivity contribution in [2.24, 2.45) is 5.92 Å². The molecule has 108 valence electrons. The van der Waals surface area contributed by atoms with Crippen molar-refractivity contribution in [3.8, 4) is 0 Å². The van der Waals surface area contributed by atoms with Crippen LogP contribution in [0, 0.1) is 23.4 Å². The van der Waals surface area contributed by atoms with Crippen LogP contribution in [0.25, 0.3) is 0 Å². The molecule has 2 atom stereocenters. The van der Waals surface area contributed by atoms with Crippen LogP contribution in [-0.2, 0) is 4.79 Å². The van der Waals surface area contributed by atoms with Crippen LogP contribution in [0.1, 0.15) is 23.7 Å². The fourth-order valence-electron chi connectivity index (χ4n) is 2.40. The molecule has 1 aliphatic rings. The van der Waals surface area contributed by atoms with Gasteiger partial charge < -0.3 is 10.0 Å². The zero-order valence-corrected chi connectivity index (χ0v) is 10.6. The van der Waals surface area contributed by atoms with Gasteiger partial charge in [0.05, 0.1) is 5.56 Å². The molecule has 1 saturated heterocycles. The fraction of sp³-hybridized carbons (Fsp3) is 0.385. The van der Waals surface area contributed by atoms with Crippen LogP contribution in [0.5, 0.6) is 0 Å². The molecule has 1 fully saturated rings. The van der Waals surface area contributed by atoms with Crippen molar-refractivity contribution in [1.82, 2.24) is 4.90 Å². The number of carboxylic acid groups (broad SMARTS) is 1. The van der Waals surface area contributed by atoms with Gasteiger partial charge in [-0.2, -0.15) is 0 Å². The molecule has 0 spiro atoms. The molecule has 2 unspecified atom stereocenters. The highest BCUT2D eigenvalue weighted by Gasteiger charge is 2.40. The van der Waals surface area contributed by atoms with Crippen molar-refractivity contribution in [3.05, 3.63) is 35.1 Å². The van der Waals surface area contributed by atoms with Gasteiger partial charge in [0, 0.05) is 6.54 Å². The summed E-state index contributed by atoms with van der Waals surface area (Å²) in [7, 11) is 0. The molecule has 2 rings (SSSR count). The zero-order valence-electron chi connectivity index (χ0n) is 10.6. The predicted molar refractivity (Wildman–Crippen MR) is 62.6 cm³/mol. The number of carbonyl (C=O) groups excluding carboxylic acids is 1. The number of likely N-dealkylation sites (tertiary alicyclic amines) is 1. The molecular weight excluding hydrogens is 275 g/mol. The van der Waals surface area contributed by atoms with Gasteiger partial charge in [-0.15, -0.1) is 0 Å². The molecule has 20 heavy (non-hydrogen) atoms. The highest BCUT2D eigenvalue weighted by atomic mass is 19.2. The van der Waals surface area contributed by atoms with E-state index in [9.17, 15) is 22.8 Å². The minimum atomic E-state index is -1.74. The van der Waals surface area contributed by atoms with Crippen molar-refractivity contribution in [3.63, 3.8) is 0 Å². The number of nitrogens with zero attached hydrogens (tertiary/aromatic N) is 1. The molecule has 1 aliphatic heterocycles. The number of hydrogen-bond donors (Lipinski definition) is 1. The Kier molecular flexibility index (Phi) is 3.69. The number of carbonyl (C=O) groups is 2. The topological polar surface area (TPSA) is 57.6 Å². The number of rotatable bonds is 2. The second-order valence-electron chi connectivity index (χ2n) is 4.77. The monoisotopic (exact) mass is 287 g/mol. The fourth-order valence-corrected chi connectivity index (χ4v) is 2.40. The molecular formula is C13H12F3NO3. The van der Waals surface area contributed by atoms with E-state index in [0.717, 1.165) is 11.0 Å². The summed E-state index contributed by atoms with van der Waals surface area (Å²) in [5.74, 6) is -7.17. The lowest BCUT2D eigenvalue weighted by Crippen LogP contribution is -2.43. The third kappa shape index (κ3) is 2.23. The van der Waals surface area contributed by atoms with Crippen LogP contribution in [0.3, 0.4) is 0 Å². The Labute approximate surface area is 112 Å². The van der Waals surface area contributed by atoms with Crippen molar-refractivity contribution < 1.29 is 27.9 Å². The van der Waals surface area contributed by atoms with Crippen LogP contribution in [0.15, 0.2) is 12.1 Å². The molecule has 4 nitrogen and oxygen atoms in total. The summed E-state index contributed by atoms with van der Waals surface area (Å²) in [6.45, 7) is 1.79. The number of carboxylic acids is 1. The molecule has 1 heterocycles. The molecule has 1 N–H and O–H groups in total. The summed E-state index contributed by atoms with van der Waals surface area (Å²) in [6, 6.07) is 0.369. The first-order chi connectivity index (χ1) is 9.34. The first-order valence-electron chi connectivity index (χ1n) is 6.02. The molecule has 1 amide bonds. The number of benzene rings is 1. The van der Waals surface area contributed by atoms with Crippen LogP contribution in [0.2, 0.25) is 0 Å². The maximum Gasteiger partial charge on any atom is 0.326 e. The van der Waals surface area contributed by atoms with Gasteiger partial charge >= 0.3 is 5.97 Å². The average molecular weight is 287 g/mol. The number of halogens is 3. The highest BCUT2D eigenvalue weighted by Crippen LogP contribution is 2.27. The Morgan fingerprint density at radius 2 is 1.90 bits per heavy atom. The Hall–Kier alpha value is -2.05. The minimum absolute atomic E-state index is 0.134. The van der Waals surface area contributed by atoms with Crippen molar-refractivity contribution in [2.75, 3.05) is 6.54 Å². The first-order valence-corrected chi connectivity index (χ1v) is 6.02. The molecule has 1 aromatic rings. The summed E-state index contributed by atoms with van der Waals surface area (Å²) in [5.41, 5.74) is -0.663. The van der Waals surface area contributed by atoms with E-state index in [0.29, 0.717) is 12.5 Å². The average Bonchev–Trinajstić information content (AvgIpc) is 2.77. The number of amides is 1. The van der Waals surface area contributed by atoms with Crippen LogP contribution < -0.4 is 0 Å². The van der Waals surface area contributed by atoms with E-state index in [-0.39, 0.29) is 12.5 Å². The van der Waals surface area contributed by atoms with Gasteiger partial charge in [-0.1, -0.05) is 6.92 Å². The Morgan fingerprint density at radius 1 is 1.25 bits per heavy atom. The third-order valence-corrected chi connectivity index (χ3v) is 3.48. The van der Waals surface area contributed by atoms with Crippen LogP contribution in [0.4, 0.5) is 13.2 Å². The van der Waals surface area contributed by atoms with Crippen molar-refractivity contribution >= 4 is 11.9 Å². The molecule has 0 aromatic heterocycles. The maximum atomic E-state index is 13.6. The summed E-state index contributed by atoms with van der Waals surface area (Å²) in [4.78, 5) is 24.2. The lowest BCUT2D eigenvalue weighted by atomic mass is 10.0. The standard InChI is InChI=1S/C13H12F3NO3/c1-6-4-5-17(11(6)13(19)20)12(18)7-2-3-8(14)10(16)9(7)15/h2-3,6,11H,4-5H2,1H3,(H,19,20). The van der Waals surface area contributed by atoms with Gasteiger partial charge in [0.1, 0.15) is 6.04 Å². The lowest BCUT2D eigenvalue weighted by Gasteiger charge is -2.23. The Balaban J connectivity index is 2.37. The summed E-state index contributed by atoms with van der Waals surface area (Å²) in [5, 5.41) is 9.10. The maximum absolute atomic E-state index is 13.6. The lowest BCUT2D eigenvalue weighted by molar-refractivity contribution is -0.142. The summed E-state index contributed by atoms with van der Waals surface area (Å²) < 4.78 is 39.5. The van der Waals surface area contributed by atoms with Gasteiger partial charge in [0.15, 0.2) is 17.5 Å². The molecule has 0 bridgehead atoms. The normalized spacial score (nSPS) is 22.1. The summed E-state index contributed by atoms with van der Waals surface area (Å²) in [6.07, 6.45) is 0.452. The van der Waals surface area contributed by atoms with E-state index in [1.807, 2.05) is 0 Å². The van der Waals surface area contributed by atoms with E-state index in [2.05, 4.69) is 0 Å². The second kappa shape index (κ2) is 5.15. The van der Waals surface area contributed by atoms with Gasteiger partial charge in [-0.05, 0) is 24.5 Å². The molecule has 1 aromatic carbocycles. The predicted octanol–water partition coefficient (Wildman–Crippen LogP) is 2.04. The second-order valence-corrected chi connectivity index (χ2v) is 4.77. The molecule has 0 radical (unpaired) electrons. The molecule has 0 aliphatic carbocycles. The van der Waals surface area contributed by atoms with Crippen LogP contribution in [-0.4, -0.2) is 34.5 Å².